The minimum absolute atomic E-state index is 0.0754. The van der Waals surface area contributed by atoms with Gasteiger partial charge in [-0.05, 0) is 25.2 Å². The highest BCUT2D eigenvalue weighted by Gasteiger charge is 2.30. The number of hydrogen-bond acceptors (Lipinski definition) is 3. The maximum atomic E-state index is 12.8. The Hall–Kier alpha value is -2.10. The predicted octanol–water partition coefficient (Wildman–Crippen LogP) is 4.20. The molecule has 1 heterocycles. The molecule has 1 fully saturated rings. The fourth-order valence-corrected chi connectivity index (χ4v) is 3.46. The van der Waals surface area contributed by atoms with Crippen LogP contribution in [-0.2, 0) is 0 Å². The van der Waals surface area contributed by atoms with Crippen molar-refractivity contribution in [3.05, 3.63) is 41.7 Å². The zero-order chi connectivity index (χ0) is 16.4. The predicted molar refractivity (Wildman–Crippen MR) is 90.1 cm³/mol. The number of carbonyl (C=O) groups excluding carboxylic acids is 1. The number of hydrogen-bond donors (Lipinski definition) is 1. The van der Waals surface area contributed by atoms with Gasteiger partial charge in [0, 0.05) is 11.6 Å². The van der Waals surface area contributed by atoms with Crippen molar-refractivity contribution in [2.45, 2.75) is 46.1 Å². The first-order valence-electron chi connectivity index (χ1n) is 8.40. The highest BCUT2D eigenvalue weighted by atomic mass is 16.5. The molecule has 0 saturated heterocycles. The van der Waals surface area contributed by atoms with E-state index in [9.17, 15) is 4.79 Å². The number of rotatable bonds is 3. The van der Waals surface area contributed by atoms with E-state index in [1.165, 1.54) is 12.8 Å². The van der Waals surface area contributed by atoms with Gasteiger partial charge in [0.25, 0.3) is 5.91 Å². The monoisotopic (exact) mass is 312 g/mol. The molecular formula is C19H24N2O2. The van der Waals surface area contributed by atoms with E-state index in [2.05, 4.69) is 24.3 Å². The van der Waals surface area contributed by atoms with Crippen molar-refractivity contribution in [2.24, 2.45) is 11.8 Å². The molecule has 3 rings (SSSR count). The van der Waals surface area contributed by atoms with E-state index in [-0.39, 0.29) is 11.9 Å². The van der Waals surface area contributed by atoms with Crippen molar-refractivity contribution < 1.29 is 9.32 Å². The maximum absolute atomic E-state index is 12.8. The summed E-state index contributed by atoms with van der Waals surface area (Å²) in [5.74, 6) is 1.63. The minimum atomic E-state index is -0.0754. The van der Waals surface area contributed by atoms with Gasteiger partial charge in [0.1, 0.15) is 17.0 Å². The van der Waals surface area contributed by atoms with Crippen LogP contribution in [0, 0.1) is 18.8 Å². The van der Waals surface area contributed by atoms with Gasteiger partial charge < -0.3 is 9.84 Å². The van der Waals surface area contributed by atoms with E-state index in [0.29, 0.717) is 28.9 Å². The molecule has 1 amide bonds. The van der Waals surface area contributed by atoms with Crippen LogP contribution in [0.15, 0.2) is 34.9 Å². The standard InChI is InChI=1S/C19H24N2O2/c1-12-8-7-11-16(13(12)2)20-19(22)17-14(3)23-21-18(17)15-9-5-4-6-10-15/h4-6,9-10,12-13,16H,7-8,11H2,1-3H3,(H,20,22). The summed E-state index contributed by atoms with van der Waals surface area (Å²) in [6, 6.07) is 9.93. The Morgan fingerprint density at radius 3 is 2.70 bits per heavy atom. The highest BCUT2D eigenvalue weighted by molar-refractivity contribution is 6.00. The van der Waals surface area contributed by atoms with Crippen LogP contribution in [0.4, 0.5) is 0 Å². The largest absolute Gasteiger partial charge is 0.360 e. The summed E-state index contributed by atoms with van der Waals surface area (Å²) < 4.78 is 5.30. The first-order chi connectivity index (χ1) is 11.1. The summed E-state index contributed by atoms with van der Waals surface area (Å²) in [6.45, 7) is 6.29. The van der Waals surface area contributed by atoms with Gasteiger partial charge in [-0.2, -0.15) is 0 Å². The molecule has 3 atom stereocenters. The van der Waals surface area contributed by atoms with Crippen LogP contribution in [-0.4, -0.2) is 17.1 Å². The Kier molecular flexibility index (Phi) is 4.51. The van der Waals surface area contributed by atoms with Gasteiger partial charge in [0.15, 0.2) is 0 Å². The number of aryl methyl sites for hydroxylation is 1. The third-order valence-corrected chi connectivity index (χ3v) is 5.16. The van der Waals surface area contributed by atoms with Gasteiger partial charge in [-0.1, -0.05) is 62.2 Å². The summed E-state index contributed by atoms with van der Waals surface area (Å²) in [7, 11) is 0. The van der Waals surface area contributed by atoms with Crippen molar-refractivity contribution in [1.29, 1.82) is 0 Å². The molecule has 1 aliphatic carbocycles. The lowest BCUT2D eigenvalue weighted by molar-refractivity contribution is 0.0890. The number of nitrogens with zero attached hydrogens (tertiary/aromatic N) is 1. The van der Waals surface area contributed by atoms with E-state index in [0.717, 1.165) is 12.0 Å². The molecule has 1 N–H and O–H groups in total. The van der Waals surface area contributed by atoms with Crippen molar-refractivity contribution in [3.8, 4) is 11.3 Å². The van der Waals surface area contributed by atoms with Crippen molar-refractivity contribution in [2.75, 3.05) is 0 Å². The van der Waals surface area contributed by atoms with Gasteiger partial charge in [-0.15, -0.1) is 0 Å². The molecule has 1 saturated carbocycles. The number of aromatic nitrogens is 1. The van der Waals surface area contributed by atoms with Crippen LogP contribution >= 0.6 is 0 Å². The quantitative estimate of drug-likeness (QED) is 0.924. The number of amides is 1. The lowest BCUT2D eigenvalue weighted by Gasteiger charge is -2.34. The molecule has 0 aliphatic heterocycles. The Bertz CT molecular complexity index is 678. The zero-order valence-corrected chi connectivity index (χ0v) is 14.0. The van der Waals surface area contributed by atoms with Gasteiger partial charge in [0.2, 0.25) is 0 Å². The van der Waals surface area contributed by atoms with Gasteiger partial charge in [-0.3, -0.25) is 4.79 Å². The Balaban J connectivity index is 1.84. The average molecular weight is 312 g/mol. The molecule has 23 heavy (non-hydrogen) atoms. The summed E-state index contributed by atoms with van der Waals surface area (Å²) in [4.78, 5) is 12.8. The fourth-order valence-electron chi connectivity index (χ4n) is 3.46. The van der Waals surface area contributed by atoms with Crippen LogP contribution in [0.25, 0.3) is 11.3 Å². The normalized spacial score (nSPS) is 24.4. The minimum Gasteiger partial charge on any atom is -0.360 e. The summed E-state index contributed by atoms with van der Waals surface area (Å²) in [5.41, 5.74) is 2.08. The average Bonchev–Trinajstić information content (AvgIpc) is 2.94. The van der Waals surface area contributed by atoms with Gasteiger partial charge in [-0.25, -0.2) is 0 Å². The van der Waals surface area contributed by atoms with E-state index in [4.69, 9.17) is 4.52 Å². The lowest BCUT2D eigenvalue weighted by Crippen LogP contribution is -2.43. The number of nitrogens with one attached hydrogen (secondary N) is 1. The Labute approximate surface area is 137 Å². The molecule has 2 aromatic rings. The molecule has 122 valence electrons. The molecule has 1 aromatic heterocycles. The highest BCUT2D eigenvalue weighted by Crippen LogP contribution is 2.31. The summed E-state index contributed by atoms with van der Waals surface area (Å²) in [6.07, 6.45) is 3.46. The molecule has 0 spiro atoms. The van der Waals surface area contributed by atoms with Crippen LogP contribution in [0.3, 0.4) is 0 Å². The zero-order valence-electron chi connectivity index (χ0n) is 14.0. The Morgan fingerprint density at radius 1 is 1.22 bits per heavy atom. The van der Waals surface area contributed by atoms with Crippen LogP contribution in [0.5, 0.6) is 0 Å². The third-order valence-electron chi connectivity index (χ3n) is 5.16. The van der Waals surface area contributed by atoms with Crippen LogP contribution in [0.2, 0.25) is 0 Å². The van der Waals surface area contributed by atoms with Crippen molar-refractivity contribution >= 4 is 5.91 Å². The molecule has 1 aliphatic rings. The third kappa shape index (κ3) is 3.16. The van der Waals surface area contributed by atoms with E-state index in [1.807, 2.05) is 30.3 Å². The smallest absolute Gasteiger partial charge is 0.257 e. The summed E-state index contributed by atoms with van der Waals surface area (Å²) in [5, 5.41) is 7.31. The molecule has 0 bridgehead atoms. The molecule has 4 nitrogen and oxygen atoms in total. The molecule has 4 heteroatoms. The van der Waals surface area contributed by atoms with Crippen molar-refractivity contribution in [1.82, 2.24) is 10.5 Å². The first-order valence-corrected chi connectivity index (χ1v) is 8.40. The number of carbonyl (C=O) groups is 1. The van der Waals surface area contributed by atoms with Crippen LogP contribution in [0.1, 0.15) is 49.2 Å². The first kappa shape index (κ1) is 15.8. The van der Waals surface area contributed by atoms with E-state index < -0.39 is 0 Å². The molecule has 3 unspecified atom stereocenters. The van der Waals surface area contributed by atoms with E-state index >= 15 is 0 Å². The Morgan fingerprint density at radius 2 is 1.96 bits per heavy atom. The topological polar surface area (TPSA) is 55.1 Å². The SMILES string of the molecule is Cc1onc(-c2ccccc2)c1C(=O)NC1CCCC(C)C1C. The molecule has 1 aromatic carbocycles. The van der Waals surface area contributed by atoms with Gasteiger partial charge >= 0.3 is 0 Å². The molecule has 0 radical (unpaired) electrons. The summed E-state index contributed by atoms with van der Waals surface area (Å²) >= 11 is 0. The molecular weight excluding hydrogens is 288 g/mol. The second-order valence-electron chi connectivity index (χ2n) is 6.68. The second kappa shape index (κ2) is 6.57. The fraction of sp³-hybridized carbons (Fsp3) is 0.474. The van der Waals surface area contributed by atoms with Gasteiger partial charge in [0.05, 0.1) is 0 Å². The van der Waals surface area contributed by atoms with E-state index in [1.54, 1.807) is 6.92 Å². The van der Waals surface area contributed by atoms with Crippen LogP contribution < -0.4 is 5.32 Å². The lowest BCUT2D eigenvalue weighted by atomic mass is 9.78. The number of benzene rings is 1. The van der Waals surface area contributed by atoms with Crippen molar-refractivity contribution in [3.63, 3.8) is 0 Å². The second-order valence-corrected chi connectivity index (χ2v) is 6.68. The maximum Gasteiger partial charge on any atom is 0.257 e.